The van der Waals surface area contributed by atoms with Crippen LogP contribution in [0.15, 0.2) is 66.2 Å². The van der Waals surface area contributed by atoms with Gasteiger partial charge in [0.25, 0.3) is 0 Å². The third kappa shape index (κ3) is 6.98. The molecule has 150 valence electrons. The van der Waals surface area contributed by atoms with Gasteiger partial charge in [-0.1, -0.05) is 35.9 Å². The summed E-state index contributed by atoms with van der Waals surface area (Å²) < 4.78 is 26.6. The summed E-state index contributed by atoms with van der Waals surface area (Å²) in [6, 6.07) is 16.6. The van der Waals surface area contributed by atoms with E-state index in [0.717, 1.165) is 16.5 Å². The molecule has 1 aromatic carbocycles. The van der Waals surface area contributed by atoms with Crippen LogP contribution in [0.5, 0.6) is 0 Å². The molecule has 2 aromatic heterocycles. The van der Waals surface area contributed by atoms with E-state index < -0.39 is 10.0 Å². The summed E-state index contributed by atoms with van der Waals surface area (Å²) in [7, 11) is -3.51. The highest BCUT2D eigenvalue weighted by Gasteiger charge is 2.04. The van der Waals surface area contributed by atoms with Crippen LogP contribution < -0.4 is 15.4 Å². The van der Waals surface area contributed by atoms with Gasteiger partial charge in [-0.25, -0.2) is 18.1 Å². The first-order valence-corrected chi connectivity index (χ1v) is 10.5. The van der Waals surface area contributed by atoms with E-state index >= 15 is 0 Å². The predicted molar refractivity (Wildman–Crippen MR) is 115 cm³/mol. The maximum atomic E-state index is 12.0. The van der Waals surface area contributed by atoms with E-state index in [-0.39, 0.29) is 6.54 Å². The third-order valence-corrected chi connectivity index (χ3v) is 4.94. The molecule has 0 fully saturated rings. The average molecular weight is 411 g/mol. The quantitative estimate of drug-likeness (QED) is 0.465. The number of hydrogen-bond acceptors (Lipinski definition) is 7. The van der Waals surface area contributed by atoms with Crippen LogP contribution in [0.3, 0.4) is 0 Å². The van der Waals surface area contributed by atoms with Crippen molar-refractivity contribution >= 4 is 33.6 Å². The maximum absolute atomic E-state index is 12.0. The van der Waals surface area contributed by atoms with E-state index in [9.17, 15) is 8.42 Å². The number of rotatable bonds is 9. The number of aryl methyl sites for hydroxylation is 1. The normalized spacial score (nSPS) is 11.5. The van der Waals surface area contributed by atoms with Gasteiger partial charge in [-0.05, 0) is 42.8 Å². The number of nitrogens with one attached hydrogen (secondary N) is 3. The highest BCUT2D eigenvalue weighted by molar-refractivity contribution is 7.92. The van der Waals surface area contributed by atoms with Gasteiger partial charge in [0.1, 0.15) is 11.6 Å². The Labute approximate surface area is 170 Å². The molecule has 3 N–H and O–H groups in total. The highest BCUT2D eigenvalue weighted by atomic mass is 32.2. The van der Waals surface area contributed by atoms with Crippen molar-refractivity contribution in [3.05, 3.63) is 77.3 Å². The number of hydrogen-bond donors (Lipinski definition) is 3. The lowest BCUT2D eigenvalue weighted by molar-refractivity contribution is 0.592. The van der Waals surface area contributed by atoms with Crippen molar-refractivity contribution in [1.29, 1.82) is 0 Å². The molecule has 8 nitrogen and oxygen atoms in total. The average Bonchev–Trinajstić information content (AvgIpc) is 2.73. The molecule has 0 saturated heterocycles. The number of pyridine rings is 1. The van der Waals surface area contributed by atoms with Crippen molar-refractivity contribution in [2.45, 2.75) is 6.92 Å². The van der Waals surface area contributed by atoms with Gasteiger partial charge in [-0.15, -0.1) is 10.2 Å². The predicted octanol–water partition coefficient (Wildman–Crippen LogP) is 2.93. The molecule has 0 amide bonds. The molecule has 0 atom stereocenters. The number of aromatic nitrogens is 3. The van der Waals surface area contributed by atoms with E-state index in [1.807, 2.05) is 49.4 Å². The Morgan fingerprint density at radius 2 is 1.66 bits per heavy atom. The van der Waals surface area contributed by atoms with Crippen molar-refractivity contribution in [2.75, 3.05) is 23.7 Å². The molecular weight excluding hydrogens is 388 g/mol. The van der Waals surface area contributed by atoms with Crippen molar-refractivity contribution in [3.8, 4) is 0 Å². The molecule has 3 aromatic rings. The molecule has 0 radical (unpaired) electrons. The van der Waals surface area contributed by atoms with Crippen molar-refractivity contribution in [2.24, 2.45) is 0 Å². The topological polar surface area (TPSA) is 109 Å². The first-order valence-electron chi connectivity index (χ1n) is 9.00. The smallest absolute Gasteiger partial charge is 0.233 e. The van der Waals surface area contributed by atoms with Gasteiger partial charge < -0.3 is 10.6 Å². The van der Waals surface area contributed by atoms with Gasteiger partial charge in [-0.3, -0.25) is 0 Å². The van der Waals surface area contributed by atoms with Crippen molar-refractivity contribution < 1.29 is 8.42 Å². The van der Waals surface area contributed by atoms with E-state index in [0.29, 0.717) is 24.0 Å². The van der Waals surface area contributed by atoms with Crippen LogP contribution in [0.25, 0.3) is 6.08 Å². The Bertz CT molecular complexity index is 1040. The molecule has 29 heavy (non-hydrogen) atoms. The molecular formula is C20H22N6O2S. The van der Waals surface area contributed by atoms with Gasteiger partial charge >= 0.3 is 0 Å². The molecule has 2 heterocycles. The lowest BCUT2D eigenvalue weighted by atomic mass is 10.2. The fraction of sp³-hybridized carbons (Fsp3) is 0.150. The first kappa shape index (κ1) is 20.4. The van der Waals surface area contributed by atoms with Crippen LogP contribution in [0.1, 0.15) is 11.1 Å². The Morgan fingerprint density at radius 1 is 0.897 bits per heavy atom. The highest BCUT2D eigenvalue weighted by Crippen LogP contribution is 2.11. The van der Waals surface area contributed by atoms with Gasteiger partial charge in [-0.2, -0.15) is 0 Å². The maximum Gasteiger partial charge on any atom is 0.233 e. The lowest BCUT2D eigenvalue weighted by Gasteiger charge is -2.07. The molecule has 0 unspecified atom stereocenters. The number of anilines is 3. The van der Waals surface area contributed by atoms with Crippen molar-refractivity contribution in [1.82, 2.24) is 19.9 Å². The summed E-state index contributed by atoms with van der Waals surface area (Å²) in [6.45, 7) is 2.57. The van der Waals surface area contributed by atoms with Crippen LogP contribution in [0.2, 0.25) is 0 Å². The van der Waals surface area contributed by atoms with E-state index in [2.05, 4.69) is 30.5 Å². The summed E-state index contributed by atoms with van der Waals surface area (Å²) in [5.74, 6) is 1.79. The zero-order chi connectivity index (χ0) is 20.5. The Balaban J connectivity index is 1.43. The summed E-state index contributed by atoms with van der Waals surface area (Å²) >= 11 is 0. The molecule has 0 aliphatic heterocycles. The summed E-state index contributed by atoms with van der Waals surface area (Å²) in [4.78, 5) is 4.15. The van der Waals surface area contributed by atoms with Crippen LogP contribution in [-0.4, -0.2) is 36.7 Å². The standard InChI is InChI=1S/C20H22N6O2S/c1-16-5-7-17(8-6-16)11-15-29(27,28)23-14-13-22-19-9-10-20(26-25-19)24-18-4-2-3-12-21-18/h2-12,15,23H,13-14H2,1H3,(H,22,25)(H,21,24,26)/b15-11+. The first-order chi connectivity index (χ1) is 14.0. The molecule has 0 spiro atoms. The van der Waals surface area contributed by atoms with Crippen LogP contribution in [-0.2, 0) is 10.0 Å². The molecule has 0 aliphatic carbocycles. The van der Waals surface area contributed by atoms with E-state index in [1.165, 1.54) is 0 Å². The molecule has 0 aliphatic rings. The fourth-order valence-electron chi connectivity index (χ4n) is 2.34. The number of nitrogens with zero attached hydrogens (tertiary/aromatic N) is 3. The molecule has 3 rings (SSSR count). The number of benzene rings is 1. The minimum atomic E-state index is -3.51. The van der Waals surface area contributed by atoms with Crippen LogP contribution in [0.4, 0.5) is 17.5 Å². The Morgan fingerprint density at radius 3 is 2.34 bits per heavy atom. The minimum absolute atomic E-state index is 0.218. The zero-order valence-corrected chi connectivity index (χ0v) is 16.7. The summed E-state index contributed by atoms with van der Waals surface area (Å²) in [5.41, 5.74) is 1.95. The second kappa shape index (κ2) is 9.76. The molecule has 9 heteroatoms. The Kier molecular flexibility index (Phi) is 6.88. The summed E-state index contributed by atoms with van der Waals surface area (Å²) in [6.07, 6.45) is 3.25. The fourth-order valence-corrected chi connectivity index (χ4v) is 3.16. The number of sulfonamides is 1. The molecule has 0 bridgehead atoms. The minimum Gasteiger partial charge on any atom is -0.367 e. The van der Waals surface area contributed by atoms with Gasteiger partial charge in [0, 0.05) is 24.7 Å². The Hall–Kier alpha value is -3.30. The van der Waals surface area contributed by atoms with Gasteiger partial charge in [0.15, 0.2) is 5.82 Å². The second-order valence-corrected chi connectivity index (χ2v) is 7.87. The SMILES string of the molecule is Cc1ccc(/C=C/S(=O)(=O)NCCNc2ccc(Nc3ccccn3)nn2)cc1. The zero-order valence-electron chi connectivity index (χ0n) is 15.9. The van der Waals surface area contributed by atoms with Gasteiger partial charge in [0.2, 0.25) is 10.0 Å². The third-order valence-electron chi connectivity index (χ3n) is 3.84. The molecule has 0 saturated carbocycles. The van der Waals surface area contributed by atoms with Crippen LogP contribution >= 0.6 is 0 Å². The van der Waals surface area contributed by atoms with E-state index in [1.54, 1.807) is 24.4 Å². The van der Waals surface area contributed by atoms with Gasteiger partial charge in [0.05, 0.1) is 0 Å². The largest absolute Gasteiger partial charge is 0.367 e. The monoisotopic (exact) mass is 410 g/mol. The lowest BCUT2D eigenvalue weighted by Crippen LogP contribution is -2.27. The van der Waals surface area contributed by atoms with Crippen molar-refractivity contribution in [3.63, 3.8) is 0 Å². The van der Waals surface area contributed by atoms with Crippen LogP contribution in [0, 0.1) is 6.92 Å². The van der Waals surface area contributed by atoms with E-state index in [4.69, 9.17) is 0 Å². The second-order valence-electron chi connectivity index (χ2n) is 6.22. The summed E-state index contributed by atoms with van der Waals surface area (Å²) in [5, 5.41) is 15.3.